The van der Waals surface area contributed by atoms with E-state index in [4.69, 9.17) is 0 Å². The van der Waals surface area contributed by atoms with Gasteiger partial charge in [0.1, 0.15) is 0 Å². The first kappa shape index (κ1) is 15.7. The van der Waals surface area contributed by atoms with Gasteiger partial charge in [-0.05, 0) is 36.7 Å². The van der Waals surface area contributed by atoms with E-state index in [0.29, 0.717) is 6.54 Å². The van der Waals surface area contributed by atoms with E-state index in [0.717, 1.165) is 23.1 Å². The van der Waals surface area contributed by atoms with E-state index >= 15 is 0 Å². The molecule has 1 aromatic carbocycles. The highest BCUT2D eigenvalue weighted by Crippen LogP contribution is 2.17. The fourth-order valence-corrected chi connectivity index (χ4v) is 3.17. The van der Waals surface area contributed by atoms with Crippen LogP contribution in [0.1, 0.15) is 23.6 Å². The normalized spacial score (nSPS) is 11.7. The largest absolute Gasteiger partial charge is 0.316 e. The zero-order chi connectivity index (χ0) is 15.3. The monoisotopic (exact) mass is 308 g/mol. The highest BCUT2D eigenvalue weighted by atomic mass is 32.2. The minimum Gasteiger partial charge on any atom is -0.316 e. The first-order valence-electron chi connectivity index (χ1n) is 6.80. The molecule has 0 amide bonds. The van der Waals surface area contributed by atoms with Crippen LogP contribution in [-0.2, 0) is 29.5 Å². The number of H-pyrrole nitrogens is 1. The molecule has 0 saturated heterocycles. The van der Waals surface area contributed by atoms with Gasteiger partial charge in [0.25, 0.3) is 0 Å². The van der Waals surface area contributed by atoms with Gasteiger partial charge in [0.15, 0.2) is 0 Å². The van der Waals surface area contributed by atoms with Crippen molar-refractivity contribution in [2.75, 3.05) is 7.05 Å². The van der Waals surface area contributed by atoms with E-state index in [2.05, 4.69) is 27.2 Å². The number of hydrogen-bond acceptors (Lipinski definition) is 4. The SMILES string of the molecule is CCc1ccc(S(=O)(=O)NCc2cn[nH]c2)cc1CNC. The summed E-state index contributed by atoms with van der Waals surface area (Å²) in [6.45, 7) is 2.92. The summed E-state index contributed by atoms with van der Waals surface area (Å²) in [5.74, 6) is 0. The van der Waals surface area contributed by atoms with Gasteiger partial charge in [-0.1, -0.05) is 13.0 Å². The third kappa shape index (κ3) is 3.90. The van der Waals surface area contributed by atoms with Crippen molar-refractivity contribution in [3.05, 3.63) is 47.3 Å². The molecular formula is C14H20N4O2S. The topological polar surface area (TPSA) is 86.9 Å². The van der Waals surface area contributed by atoms with Crippen LogP contribution in [0.3, 0.4) is 0 Å². The van der Waals surface area contributed by atoms with E-state index < -0.39 is 10.0 Å². The van der Waals surface area contributed by atoms with Crippen LogP contribution in [0.2, 0.25) is 0 Å². The lowest BCUT2D eigenvalue weighted by atomic mass is 10.1. The Bertz CT molecular complexity index is 681. The lowest BCUT2D eigenvalue weighted by Crippen LogP contribution is -2.23. The predicted molar refractivity (Wildman–Crippen MR) is 81.2 cm³/mol. The summed E-state index contributed by atoms with van der Waals surface area (Å²) in [6, 6.07) is 5.25. The summed E-state index contributed by atoms with van der Waals surface area (Å²) >= 11 is 0. The van der Waals surface area contributed by atoms with Crippen LogP contribution in [0.4, 0.5) is 0 Å². The molecule has 2 aromatic rings. The average Bonchev–Trinajstić information content (AvgIpc) is 2.99. The highest BCUT2D eigenvalue weighted by Gasteiger charge is 2.15. The number of sulfonamides is 1. The van der Waals surface area contributed by atoms with Gasteiger partial charge in [-0.25, -0.2) is 13.1 Å². The minimum absolute atomic E-state index is 0.218. The van der Waals surface area contributed by atoms with Gasteiger partial charge in [0.2, 0.25) is 10.0 Å². The Morgan fingerprint density at radius 1 is 1.24 bits per heavy atom. The molecule has 7 heteroatoms. The van der Waals surface area contributed by atoms with Gasteiger partial charge < -0.3 is 5.32 Å². The fraction of sp³-hybridized carbons (Fsp3) is 0.357. The van der Waals surface area contributed by atoms with E-state index in [-0.39, 0.29) is 11.4 Å². The number of nitrogens with zero attached hydrogens (tertiary/aromatic N) is 1. The fourth-order valence-electron chi connectivity index (χ4n) is 2.11. The van der Waals surface area contributed by atoms with Crippen LogP contribution in [0.5, 0.6) is 0 Å². The molecule has 0 bridgehead atoms. The molecular weight excluding hydrogens is 288 g/mol. The Balaban J connectivity index is 2.20. The predicted octanol–water partition coefficient (Wildman–Crippen LogP) is 1.17. The van der Waals surface area contributed by atoms with Gasteiger partial charge in [-0.15, -0.1) is 0 Å². The number of benzene rings is 1. The van der Waals surface area contributed by atoms with Gasteiger partial charge in [-0.3, -0.25) is 5.10 Å². The number of aryl methyl sites for hydroxylation is 1. The number of rotatable bonds is 7. The zero-order valence-corrected chi connectivity index (χ0v) is 13.0. The number of aromatic nitrogens is 2. The van der Waals surface area contributed by atoms with Gasteiger partial charge in [0.05, 0.1) is 11.1 Å². The van der Waals surface area contributed by atoms with Crippen molar-refractivity contribution in [1.82, 2.24) is 20.2 Å². The standard InChI is InChI=1S/C14H20N4O2S/c1-3-12-4-5-14(6-13(12)10-15-2)21(19,20)18-9-11-7-16-17-8-11/h4-8,15,18H,3,9-10H2,1-2H3,(H,16,17). The van der Waals surface area contributed by atoms with Crippen LogP contribution in [0.25, 0.3) is 0 Å². The van der Waals surface area contributed by atoms with Gasteiger partial charge in [0, 0.05) is 24.8 Å². The Labute approximate surface area is 125 Å². The number of aromatic amines is 1. The van der Waals surface area contributed by atoms with Crippen molar-refractivity contribution in [3.8, 4) is 0 Å². The minimum atomic E-state index is -3.52. The summed E-state index contributed by atoms with van der Waals surface area (Å²) in [5.41, 5.74) is 2.95. The summed E-state index contributed by atoms with van der Waals surface area (Å²) < 4.78 is 27.2. The van der Waals surface area contributed by atoms with E-state index in [1.54, 1.807) is 24.5 Å². The second-order valence-electron chi connectivity index (χ2n) is 4.75. The first-order valence-corrected chi connectivity index (χ1v) is 8.29. The number of hydrogen-bond donors (Lipinski definition) is 3. The molecule has 0 aliphatic rings. The van der Waals surface area contributed by atoms with Crippen molar-refractivity contribution < 1.29 is 8.42 Å². The Hall–Kier alpha value is -1.70. The maximum atomic E-state index is 12.3. The molecule has 2 rings (SSSR count). The number of nitrogens with one attached hydrogen (secondary N) is 3. The maximum absolute atomic E-state index is 12.3. The molecule has 3 N–H and O–H groups in total. The first-order chi connectivity index (χ1) is 10.1. The molecule has 0 aliphatic heterocycles. The Morgan fingerprint density at radius 3 is 2.67 bits per heavy atom. The van der Waals surface area contributed by atoms with Gasteiger partial charge >= 0.3 is 0 Å². The molecule has 0 spiro atoms. The maximum Gasteiger partial charge on any atom is 0.240 e. The van der Waals surface area contributed by atoms with Crippen molar-refractivity contribution in [2.24, 2.45) is 0 Å². The second kappa shape index (κ2) is 6.84. The van der Waals surface area contributed by atoms with E-state index in [9.17, 15) is 8.42 Å². The molecule has 0 saturated carbocycles. The quantitative estimate of drug-likeness (QED) is 0.716. The lowest BCUT2D eigenvalue weighted by molar-refractivity contribution is 0.581. The summed E-state index contributed by atoms with van der Waals surface area (Å²) in [6.07, 6.45) is 4.13. The Morgan fingerprint density at radius 2 is 2.05 bits per heavy atom. The van der Waals surface area contributed by atoms with Crippen LogP contribution >= 0.6 is 0 Å². The third-order valence-corrected chi connectivity index (χ3v) is 4.66. The zero-order valence-electron chi connectivity index (χ0n) is 12.2. The molecule has 21 heavy (non-hydrogen) atoms. The third-order valence-electron chi connectivity index (χ3n) is 3.26. The van der Waals surface area contributed by atoms with E-state index in [1.165, 1.54) is 0 Å². The van der Waals surface area contributed by atoms with Crippen LogP contribution < -0.4 is 10.0 Å². The molecule has 0 radical (unpaired) electrons. The van der Waals surface area contributed by atoms with Crippen molar-refractivity contribution in [1.29, 1.82) is 0 Å². The van der Waals surface area contributed by atoms with Gasteiger partial charge in [-0.2, -0.15) is 5.10 Å². The van der Waals surface area contributed by atoms with Crippen molar-refractivity contribution in [2.45, 2.75) is 31.3 Å². The molecule has 0 aliphatic carbocycles. The molecule has 0 atom stereocenters. The smallest absolute Gasteiger partial charge is 0.240 e. The summed E-state index contributed by atoms with van der Waals surface area (Å²) in [5, 5.41) is 9.51. The van der Waals surface area contributed by atoms with Crippen molar-refractivity contribution >= 4 is 10.0 Å². The molecule has 114 valence electrons. The Kier molecular flexibility index (Phi) is 5.11. The van der Waals surface area contributed by atoms with Crippen LogP contribution in [-0.4, -0.2) is 25.7 Å². The van der Waals surface area contributed by atoms with Crippen LogP contribution in [0.15, 0.2) is 35.5 Å². The molecule has 6 nitrogen and oxygen atoms in total. The molecule has 1 heterocycles. The average molecular weight is 308 g/mol. The molecule has 0 fully saturated rings. The lowest BCUT2D eigenvalue weighted by Gasteiger charge is -2.11. The van der Waals surface area contributed by atoms with E-state index in [1.807, 2.05) is 13.1 Å². The van der Waals surface area contributed by atoms with Crippen molar-refractivity contribution in [3.63, 3.8) is 0 Å². The molecule has 1 aromatic heterocycles. The highest BCUT2D eigenvalue weighted by molar-refractivity contribution is 7.89. The molecule has 0 unspecified atom stereocenters. The summed E-state index contributed by atoms with van der Waals surface area (Å²) in [4.78, 5) is 0.286. The second-order valence-corrected chi connectivity index (χ2v) is 6.51. The summed E-state index contributed by atoms with van der Waals surface area (Å²) in [7, 11) is -1.68. The van der Waals surface area contributed by atoms with Crippen LogP contribution in [0, 0.1) is 0 Å².